The molecule has 0 saturated carbocycles. The van der Waals surface area contributed by atoms with Gasteiger partial charge in [-0.15, -0.1) is 0 Å². The van der Waals surface area contributed by atoms with Gasteiger partial charge in [-0.05, 0) is 23.3 Å². The molecule has 0 heterocycles. The lowest BCUT2D eigenvalue weighted by molar-refractivity contribution is -0.130. The smallest absolute Gasteiger partial charge is 0.408 e. The van der Waals surface area contributed by atoms with Gasteiger partial charge in [-0.2, -0.15) is 0 Å². The number of benzene rings is 2. The molecule has 0 aliphatic carbocycles. The average molecular weight is 416 g/mol. The van der Waals surface area contributed by atoms with Gasteiger partial charge in [0.05, 0.1) is 6.61 Å². The molecule has 2 aromatic carbocycles. The summed E-state index contributed by atoms with van der Waals surface area (Å²) in [5, 5.41) is 23.5. The molecule has 0 bridgehead atoms. The van der Waals surface area contributed by atoms with Gasteiger partial charge in [-0.25, -0.2) is 10.6 Å². The van der Waals surface area contributed by atoms with Crippen LogP contribution in [0.5, 0.6) is 5.75 Å². The summed E-state index contributed by atoms with van der Waals surface area (Å²) in [6.07, 6.45) is -0.822. The van der Waals surface area contributed by atoms with Crippen LogP contribution in [0.15, 0.2) is 54.6 Å². The van der Waals surface area contributed by atoms with Crippen molar-refractivity contribution in [2.75, 3.05) is 6.61 Å². The number of amides is 3. The zero-order chi connectivity index (χ0) is 21.9. The standard InChI is InChI=1S/C20H24N4O6/c21-24-19(28)16(10-13-6-8-15(26)9-7-13)22-18(27)17(11-25)23-20(29)30-12-14-4-2-1-3-5-14/h1-9,16-17,25-26H,10-12,21H2,(H,22,27)(H,23,29)(H,24,28)/t16-,17+/m0/s1. The van der Waals surface area contributed by atoms with Gasteiger partial charge in [-0.3, -0.25) is 15.0 Å². The maximum absolute atomic E-state index is 12.5. The second kappa shape index (κ2) is 11.4. The van der Waals surface area contributed by atoms with Gasteiger partial charge in [0.2, 0.25) is 5.91 Å². The number of carbonyl (C=O) groups excluding carboxylic acids is 3. The van der Waals surface area contributed by atoms with Crippen LogP contribution in [0.4, 0.5) is 4.79 Å². The second-order valence-electron chi connectivity index (χ2n) is 6.38. The van der Waals surface area contributed by atoms with Crippen LogP contribution >= 0.6 is 0 Å². The minimum atomic E-state index is -1.33. The number of alkyl carbamates (subject to hydrolysis) is 1. The van der Waals surface area contributed by atoms with Crippen molar-refractivity contribution >= 4 is 17.9 Å². The summed E-state index contributed by atoms with van der Waals surface area (Å²) in [7, 11) is 0. The molecule has 7 N–H and O–H groups in total. The molecule has 160 valence electrons. The molecule has 2 rings (SSSR count). The number of rotatable bonds is 9. The highest BCUT2D eigenvalue weighted by atomic mass is 16.5. The fraction of sp³-hybridized carbons (Fsp3) is 0.250. The van der Waals surface area contributed by atoms with Crippen LogP contribution in [-0.2, 0) is 27.4 Å². The molecule has 3 amide bonds. The zero-order valence-corrected chi connectivity index (χ0v) is 16.1. The van der Waals surface area contributed by atoms with E-state index in [-0.39, 0.29) is 18.8 Å². The third-order valence-corrected chi connectivity index (χ3v) is 4.16. The number of hydrazine groups is 1. The van der Waals surface area contributed by atoms with E-state index in [2.05, 4.69) is 10.6 Å². The summed E-state index contributed by atoms with van der Waals surface area (Å²) >= 11 is 0. The number of phenols is 1. The van der Waals surface area contributed by atoms with E-state index in [1.54, 1.807) is 36.4 Å². The number of hydrogen-bond acceptors (Lipinski definition) is 7. The first kappa shape index (κ1) is 22.7. The summed E-state index contributed by atoms with van der Waals surface area (Å²) in [6, 6.07) is 12.6. The fourth-order valence-electron chi connectivity index (χ4n) is 2.55. The van der Waals surface area contributed by atoms with Crippen molar-refractivity contribution in [1.29, 1.82) is 0 Å². The monoisotopic (exact) mass is 416 g/mol. The van der Waals surface area contributed by atoms with Crippen molar-refractivity contribution in [3.05, 3.63) is 65.7 Å². The molecule has 0 aliphatic heterocycles. The number of ether oxygens (including phenoxy) is 1. The second-order valence-corrected chi connectivity index (χ2v) is 6.38. The lowest BCUT2D eigenvalue weighted by Gasteiger charge is -2.21. The lowest BCUT2D eigenvalue weighted by atomic mass is 10.0. The van der Waals surface area contributed by atoms with Gasteiger partial charge in [0.1, 0.15) is 24.4 Å². The van der Waals surface area contributed by atoms with E-state index in [1.807, 2.05) is 11.5 Å². The Morgan fingerprint density at radius 2 is 1.57 bits per heavy atom. The van der Waals surface area contributed by atoms with Crippen LogP contribution in [0.2, 0.25) is 0 Å². The van der Waals surface area contributed by atoms with Crippen LogP contribution in [0.3, 0.4) is 0 Å². The fourth-order valence-corrected chi connectivity index (χ4v) is 2.55. The molecule has 0 spiro atoms. The van der Waals surface area contributed by atoms with E-state index in [4.69, 9.17) is 10.6 Å². The van der Waals surface area contributed by atoms with Gasteiger partial charge in [-0.1, -0.05) is 42.5 Å². The molecule has 0 radical (unpaired) electrons. The highest BCUT2D eigenvalue weighted by Crippen LogP contribution is 2.11. The molecular formula is C20H24N4O6. The van der Waals surface area contributed by atoms with Crippen LogP contribution in [0, 0.1) is 0 Å². The number of carbonyl (C=O) groups is 3. The van der Waals surface area contributed by atoms with Crippen molar-refractivity contribution in [3.8, 4) is 5.75 Å². The maximum atomic E-state index is 12.5. The van der Waals surface area contributed by atoms with Gasteiger partial charge >= 0.3 is 6.09 Å². The Morgan fingerprint density at radius 3 is 2.17 bits per heavy atom. The van der Waals surface area contributed by atoms with Crippen molar-refractivity contribution in [1.82, 2.24) is 16.1 Å². The number of phenolic OH excluding ortho intramolecular Hbond substituents is 1. The molecular weight excluding hydrogens is 392 g/mol. The van der Waals surface area contributed by atoms with Crippen LogP contribution < -0.4 is 21.9 Å². The lowest BCUT2D eigenvalue weighted by Crippen LogP contribution is -2.56. The summed E-state index contributed by atoms with van der Waals surface area (Å²) in [5.41, 5.74) is 3.37. The molecule has 0 unspecified atom stereocenters. The summed E-state index contributed by atoms with van der Waals surface area (Å²) in [4.78, 5) is 36.4. The highest BCUT2D eigenvalue weighted by Gasteiger charge is 2.26. The summed E-state index contributed by atoms with van der Waals surface area (Å²) < 4.78 is 5.03. The molecule has 30 heavy (non-hydrogen) atoms. The Bertz CT molecular complexity index is 844. The first-order valence-corrected chi connectivity index (χ1v) is 9.09. The van der Waals surface area contributed by atoms with Crippen molar-refractivity contribution in [2.45, 2.75) is 25.1 Å². The topological polar surface area (TPSA) is 163 Å². The van der Waals surface area contributed by atoms with E-state index in [9.17, 15) is 24.6 Å². The molecule has 0 saturated heterocycles. The predicted molar refractivity (Wildman–Crippen MR) is 107 cm³/mol. The normalized spacial score (nSPS) is 12.3. The van der Waals surface area contributed by atoms with E-state index < -0.39 is 36.6 Å². The summed E-state index contributed by atoms with van der Waals surface area (Å²) in [5.74, 6) is 3.78. The molecule has 2 aromatic rings. The van der Waals surface area contributed by atoms with Crippen LogP contribution in [0.25, 0.3) is 0 Å². The summed E-state index contributed by atoms with van der Waals surface area (Å²) in [6.45, 7) is -0.714. The van der Waals surface area contributed by atoms with Gasteiger partial charge in [0.25, 0.3) is 5.91 Å². The Morgan fingerprint density at radius 1 is 0.900 bits per heavy atom. The van der Waals surface area contributed by atoms with Crippen molar-refractivity contribution in [2.24, 2.45) is 5.84 Å². The molecule has 2 atom stereocenters. The SMILES string of the molecule is NNC(=O)[C@H](Cc1ccc(O)cc1)NC(=O)[C@@H](CO)NC(=O)OCc1ccccc1. The van der Waals surface area contributed by atoms with Crippen molar-refractivity contribution in [3.63, 3.8) is 0 Å². The Balaban J connectivity index is 1.94. The number of hydrogen-bond donors (Lipinski definition) is 6. The highest BCUT2D eigenvalue weighted by molar-refractivity contribution is 5.91. The largest absolute Gasteiger partial charge is 0.508 e. The van der Waals surface area contributed by atoms with E-state index in [0.717, 1.165) is 5.56 Å². The minimum Gasteiger partial charge on any atom is -0.508 e. The Hall–Kier alpha value is -3.63. The zero-order valence-electron chi connectivity index (χ0n) is 16.1. The van der Waals surface area contributed by atoms with Gasteiger partial charge in [0, 0.05) is 6.42 Å². The van der Waals surface area contributed by atoms with Gasteiger partial charge in [0.15, 0.2) is 0 Å². The van der Waals surface area contributed by atoms with Crippen molar-refractivity contribution < 1.29 is 29.3 Å². The number of nitrogens with one attached hydrogen (secondary N) is 3. The number of aromatic hydroxyl groups is 1. The molecule has 0 aromatic heterocycles. The van der Waals surface area contributed by atoms with Crippen LogP contribution in [-0.4, -0.2) is 46.8 Å². The molecule has 0 aliphatic rings. The third-order valence-electron chi connectivity index (χ3n) is 4.16. The molecule has 10 heteroatoms. The first-order chi connectivity index (χ1) is 14.4. The third kappa shape index (κ3) is 7.08. The predicted octanol–water partition coefficient (Wildman–Crippen LogP) is -0.303. The minimum absolute atomic E-state index is 0.00843. The Labute approximate surface area is 173 Å². The maximum Gasteiger partial charge on any atom is 0.408 e. The quantitative estimate of drug-likeness (QED) is 0.186. The van der Waals surface area contributed by atoms with E-state index in [0.29, 0.717) is 5.56 Å². The number of nitrogens with two attached hydrogens (primary N) is 1. The Kier molecular flexibility index (Phi) is 8.60. The molecule has 0 fully saturated rings. The average Bonchev–Trinajstić information content (AvgIpc) is 2.77. The van der Waals surface area contributed by atoms with E-state index >= 15 is 0 Å². The molecule has 10 nitrogen and oxygen atoms in total. The van der Waals surface area contributed by atoms with E-state index in [1.165, 1.54) is 12.1 Å². The van der Waals surface area contributed by atoms with Gasteiger partial charge < -0.3 is 25.6 Å². The van der Waals surface area contributed by atoms with Crippen LogP contribution in [0.1, 0.15) is 11.1 Å². The number of aliphatic hydroxyl groups excluding tert-OH is 1. The number of aliphatic hydroxyl groups is 1. The first-order valence-electron chi connectivity index (χ1n) is 9.09.